The molecule has 10 heteroatoms. The van der Waals surface area contributed by atoms with Crippen LogP contribution in [0.25, 0.3) is 6.08 Å². The standard InChI is InChI=1S/C23H24BrN3O5S/c1-2-31-23(29)19-16-5-3-4-6-18(16)33-21(19)26-20(28)14(13-25)11-15-12-17(24)22(32-15)27-7-9-30-10-8-27/h11-12H,2-10H2,1H3,(H,26,28). The SMILES string of the molecule is CCOC(=O)c1c(NC(=O)C(C#N)=Cc2cc(Br)c(N3CCOCC3)o2)sc2c1CCCC2. The Balaban J connectivity index is 1.58. The smallest absolute Gasteiger partial charge is 0.341 e. The molecule has 1 amide bonds. The highest BCUT2D eigenvalue weighted by Crippen LogP contribution is 2.39. The third kappa shape index (κ3) is 5.16. The van der Waals surface area contributed by atoms with E-state index >= 15 is 0 Å². The molecule has 2 aromatic rings. The van der Waals surface area contributed by atoms with Crippen LogP contribution in [0, 0.1) is 11.3 Å². The van der Waals surface area contributed by atoms with E-state index in [9.17, 15) is 14.9 Å². The Kier molecular flexibility index (Phi) is 7.53. The Morgan fingerprint density at radius 3 is 2.82 bits per heavy atom. The van der Waals surface area contributed by atoms with Crippen molar-refractivity contribution in [2.45, 2.75) is 32.6 Å². The number of carbonyl (C=O) groups is 2. The minimum atomic E-state index is -0.595. The molecule has 3 heterocycles. The highest BCUT2D eigenvalue weighted by atomic mass is 79.9. The van der Waals surface area contributed by atoms with Crippen LogP contribution in [0.15, 0.2) is 20.5 Å². The van der Waals surface area contributed by atoms with Gasteiger partial charge in [0.1, 0.15) is 22.4 Å². The predicted octanol–water partition coefficient (Wildman–Crippen LogP) is 4.54. The quantitative estimate of drug-likeness (QED) is 0.330. The number of carbonyl (C=O) groups excluding carboxylic acids is 2. The van der Waals surface area contributed by atoms with Crippen LogP contribution in [0.1, 0.15) is 46.3 Å². The second-order valence-electron chi connectivity index (χ2n) is 7.66. The van der Waals surface area contributed by atoms with Crippen LogP contribution in [0.5, 0.6) is 0 Å². The molecule has 1 N–H and O–H groups in total. The van der Waals surface area contributed by atoms with Gasteiger partial charge in [0, 0.05) is 30.1 Å². The van der Waals surface area contributed by atoms with Crippen LogP contribution in [-0.2, 0) is 27.1 Å². The number of nitrogens with one attached hydrogen (secondary N) is 1. The zero-order valence-corrected chi connectivity index (χ0v) is 20.6. The van der Waals surface area contributed by atoms with Gasteiger partial charge in [-0.2, -0.15) is 5.26 Å². The number of amides is 1. The van der Waals surface area contributed by atoms with Gasteiger partial charge in [0.2, 0.25) is 5.88 Å². The van der Waals surface area contributed by atoms with Crippen molar-refractivity contribution in [1.29, 1.82) is 5.26 Å². The van der Waals surface area contributed by atoms with E-state index in [2.05, 4.69) is 21.2 Å². The lowest BCUT2D eigenvalue weighted by molar-refractivity contribution is -0.112. The van der Waals surface area contributed by atoms with E-state index in [0.29, 0.717) is 48.5 Å². The number of nitrogens with zero attached hydrogens (tertiary/aromatic N) is 2. The molecule has 0 radical (unpaired) electrons. The third-order valence-corrected chi connectivity index (χ3v) is 7.29. The maximum atomic E-state index is 13.0. The van der Waals surface area contributed by atoms with E-state index < -0.39 is 11.9 Å². The lowest BCUT2D eigenvalue weighted by Gasteiger charge is -2.26. The topological polar surface area (TPSA) is 105 Å². The van der Waals surface area contributed by atoms with Gasteiger partial charge in [0.05, 0.1) is 29.9 Å². The predicted molar refractivity (Wildman–Crippen MR) is 129 cm³/mol. The fourth-order valence-electron chi connectivity index (χ4n) is 3.96. The van der Waals surface area contributed by atoms with E-state index in [0.717, 1.165) is 40.6 Å². The number of anilines is 2. The first-order valence-corrected chi connectivity index (χ1v) is 12.5. The van der Waals surface area contributed by atoms with Gasteiger partial charge in [-0.1, -0.05) is 0 Å². The Labute approximate surface area is 204 Å². The lowest BCUT2D eigenvalue weighted by Crippen LogP contribution is -2.36. The number of halogens is 1. The Morgan fingerprint density at radius 2 is 2.09 bits per heavy atom. The van der Waals surface area contributed by atoms with Gasteiger partial charge in [-0.25, -0.2) is 4.79 Å². The first-order valence-electron chi connectivity index (χ1n) is 10.9. The molecule has 0 unspecified atom stereocenters. The van der Waals surface area contributed by atoms with Crippen LogP contribution >= 0.6 is 27.3 Å². The molecule has 2 aromatic heterocycles. The van der Waals surface area contributed by atoms with E-state index in [4.69, 9.17) is 13.9 Å². The average Bonchev–Trinajstić information content (AvgIpc) is 3.37. The molecule has 0 spiro atoms. The Morgan fingerprint density at radius 1 is 1.33 bits per heavy atom. The van der Waals surface area contributed by atoms with Gasteiger partial charge >= 0.3 is 5.97 Å². The number of ether oxygens (including phenoxy) is 2. The first kappa shape index (κ1) is 23.5. The second kappa shape index (κ2) is 10.5. The van der Waals surface area contributed by atoms with Gasteiger partial charge in [0.25, 0.3) is 5.91 Å². The minimum Gasteiger partial charge on any atom is -0.462 e. The Bertz CT molecular complexity index is 1120. The Hall–Kier alpha value is -2.61. The molecule has 0 bridgehead atoms. The maximum absolute atomic E-state index is 13.0. The summed E-state index contributed by atoms with van der Waals surface area (Å²) in [6.07, 6.45) is 5.09. The first-order chi connectivity index (χ1) is 16.0. The molecule has 33 heavy (non-hydrogen) atoms. The van der Waals surface area contributed by atoms with Gasteiger partial charge in [-0.3, -0.25) is 4.79 Å². The van der Waals surface area contributed by atoms with Crippen LogP contribution in [-0.4, -0.2) is 44.8 Å². The fourth-order valence-corrected chi connectivity index (χ4v) is 5.79. The van der Waals surface area contributed by atoms with Crippen molar-refractivity contribution in [3.63, 3.8) is 0 Å². The number of nitriles is 1. The maximum Gasteiger partial charge on any atom is 0.341 e. The zero-order chi connectivity index (χ0) is 23.4. The summed E-state index contributed by atoms with van der Waals surface area (Å²) in [5.41, 5.74) is 1.25. The second-order valence-corrected chi connectivity index (χ2v) is 9.62. The van der Waals surface area contributed by atoms with Crippen molar-refractivity contribution in [3.8, 4) is 6.07 Å². The zero-order valence-electron chi connectivity index (χ0n) is 18.2. The number of aryl methyl sites for hydroxylation is 1. The van der Waals surface area contributed by atoms with Crippen LogP contribution in [0.4, 0.5) is 10.9 Å². The summed E-state index contributed by atoms with van der Waals surface area (Å²) in [7, 11) is 0. The van der Waals surface area contributed by atoms with Crippen LogP contribution in [0.2, 0.25) is 0 Å². The van der Waals surface area contributed by atoms with Crippen molar-refractivity contribution >= 4 is 56.1 Å². The monoisotopic (exact) mass is 533 g/mol. The average molecular weight is 534 g/mol. The summed E-state index contributed by atoms with van der Waals surface area (Å²) < 4.78 is 17.2. The number of furan rings is 1. The van der Waals surface area contributed by atoms with Crippen molar-refractivity contribution in [2.24, 2.45) is 0 Å². The van der Waals surface area contributed by atoms with Crippen LogP contribution in [0.3, 0.4) is 0 Å². The van der Waals surface area contributed by atoms with Crippen molar-refractivity contribution in [3.05, 3.63) is 37.9 Å². The molecule has 4 rings (SSSR count). The largest absolute Gasteiger partial charge is 0.462 e. The summed E-state index contributed by atoms with van der Waals surface area (Å²) in [5, 5.41) is 12.8. The van der Waals surface area contributed by atoms with Crippen molar-refractivity contribution < 1.29 is 23.5 Å². The minimum absolute atomic E-state index is 0.119. The van der Waals surface area contributed by atoms with Crippen molar-refractivity contribution in [2.75, 3.05) is 43.1 Å². The fraction of sp³-hybridized carbons (Fsp3) is 0.435. The number of esters is 1. The molecule has 174 valence electrons. The van der Waals surface area contributed by atoms with Gasteiger partial charge in [-0.15, -0.1) is 11.3 Å². The van der Waals surface area contributed by atoms with E-state index in [-0.39, 0.29) is 12.2 Å². The highest BCUT2D eigenvalue weighted by Gasteiger charge is 2.28. The molecule has 0 saturated carbocycles. The van der Waals surface area contributed by atoms with E-state index in [1.165, 1.54) is 17.4 Å². The van der Waals surface area contributed by atoms with Crippen molar-refractivity contribution in [1.82, 2.24) is 0 Å². The number of morpholine rings is 1. The normalized spacial score (nSPS) is 16.2. The number of fused-ring (bicyclic) bond motifs is 1. The van der Waals surface area contributed by atoms with Gasteiger partial charge in [-0.05, 0) is 54.1 Å². The molecule has 1 fully saturated rings. The van der Waals surface area contributed by atoms with Crippen LogP contribution < -0.4 is 10.2 Å². The number of rotatable bonds is 6. The molecule has 2 aliphatic rings. The molecule has 1 saturated heterocycles. The molecule has 0 aromatic carbocycles. The summed E-state index contributed by atoms with van der Waals surface area (Å²) in [5.74, 6) is -0.0224. The molecular weight excluding hydrogens is 510 g/mol. The summed E-state index contributed by atoms with van der Waals surface area (Å²) in [4.78, 5) is 28.7. The molecule has 0 atom stereocenters. The summed E-state index contributed by atoms with van der Waals surface area (Å²) in [6.45, 7) is 4.60. The third-order valence-electron chi connectivity index (χ3n) is 5.52. The van der Waals surface area contributed by atoms with E-state index in [1.807, 2.05) is 11.0 Å². The molecule has 8 nitrogen and oxygen atoms in total. The number of hydrogen-bond acceptors (Lipinski definition) is 8. The highest BCUT2D eigenvalue weighted by molar-refractivity contribution is 9.10. The molecule has 1 aliphatic heterocycles. The lowest BCUT2D eigenvalue weighted by atomic mass is 9.95. The van der Waals surface area contributed by atoms with E-state index in [1.54, 1.807) is 13.0 Å². The summed E-state index contributed by atoms with van der Waals surface area (Å²) in [6, 6.07) is 3.67. The number of hydrogen-bond donors (Lipinski definition) is 1. The van der Waals surface area contributed by atoms with Gasteiger partial charge < -0.3 is 24.1 Å². The summed E-state index contributed by atoms with van der Waals surface area (Å²) >= 11 is 4.87. The number of thiophene rings is 1. The molecular formula is C23H24BrN3O5S. The molecule has 1 aliphatic carbocycles. The van der Waals surface area contributed by atoms with Gasteiger partial charge in [0.15, 0.2) is 0 Å².